The molecule has 2 aromatic rings. The first-order valence-corrected chi connectivity index (χ1v) is 8.94. The molecule has 0 N–H and O–H groups in total. The number of carbonyl (C=O) groups excluding carboxylic acids is 2. The lowest BCUT2D eigenvalue weighted by Gasteiger charge is -2.42. The Bertz CT molecular complexity index is 825. The number of piperazine rings is 1. The summed E-state index contributed by atoms with van der Waals surface area (Å²) in [7, 11) is 3.36. The molecular weight excluding hydrogens is 334 g/mol. The average molecular weight is 353 g/mol. The molecule has 25 heavy (non-hydrogen) atoms. The molecule has 1 aliphatic rings. The second-order valence-corrected chi connectivity index (χ2v) is 7.22. The van der Waals surface area contributed by atoms with Gasteiger partial charge < -0.3 is 9.80 Å². The molecule has 1 fully saturated rings. The summed E-state index contributed by atoms with van der Waals surface area (Å²) in [4.78, 5) is 29.9. The summed E-state index contributed by atoms with van der Waals surface area (Å²) in [5.74, 6) is -0.147. The Labute approximate surface area is 151 Å². The maximum atomic E-state index is 12.9. The molecule has 128 valence electrons. The van der Waals surface area contributed by atoms with Crippen LogP contribution in [0.5, 0.6) is 0 Å². The normalized spacial score (nSPS) is 20.7. The highest BCUT2D eigenvalue weighted by atomic mass is 32.1. The molecule has 2 amide bonds. The molecule has 2 unspecified atom stereocenters. The minimum Gasteiger partial charge on any atom is -0.332 e. The van der Waals surface area contributed by atoms with E-state index >= 15 is 0 Å². The molecule has 0 spiro atoms. The topological polar surface area (TPSA) is 64.4 Å². The quantitative estimate of drug-likeness (QED) is 0.845. The van der Waals surface area contributed by atoms with Crippen LogP contribution in [0, 0.1) is 11.3 Å². The predicted molar refractivity (Wildman–Crippen MR) is 96.0 cm³/mol. The van der Waals surface area contributed by atoms with Gasteiger partial charge in [0.15, 0.2) is 0 Å². The Morgan fingerprint density at radius 3 is 2.24 bits per heavy atom. The number of nitrogens with zero attached hydrogens (tertiary/aromatic N) is 3. The molecule has 0 aliphatic carbocycles. The fraction of sp³-hybridized carbons (Fsp3) is 0.316. The highest BCUT2D eigenvalue weighted by molar-refractivity contribution is 7.09. The third kappa shape index (κ3) is 3.28. The summed E-state index contributed by atoms with van der Waals surface area (Å²) in [5.41, 5.74) is 1.33. The van der Waals surface area contributed by atoms with Crippen LogP contribution in [-0.2, 0) is 22.4 Å². The summed E-state index contributed by atoms with van der Waals surface area (Å²) < 4.78 is 0. The molecule has 1 saturated heterocycles. The van der Waals surface area contributed by atoms with Crippen LogP contribution in [0.4, 0.5) is 0 Å². The standard InChI is InChI=1S/C19H19N3O2S/c1-21-16(10-13-6-3-4-7-14(13)12-20)18(23)22(2)17(19(21)24)11-15-8-5-9-25-15/h3-9,16-17H,10-11H2,1-2H3. The highest BCUT2D eigenvalue weighted by Crippen LogP contribution is 2.23. The summed E-state index contributed by atoms with van der Waals surface area (Å²) in [6.45, 7) is 0. The van der Waals surface area contributed by atoms with Crippen molar-refractivity contribution < 1.29 is 9.59 Å². The minimum atomic E-state index is -0.577. The maximum Gasteiger partial charge on any atom is 0.246 e. The number of benzene rings is 1. The van der Waals surface area contributed by atoms with Gasteiger partial charge >= 0.3 is 0 Å². The molecule has 2 atom stereocenters. The lowest BCUT2D eigenvalue weighted by Crippen LogP contribution is -2.63. The van der Waals surface area contributed by atoms with Crippen molar-refractivity contribution in [2.24, 2.45) is 0 Å². The van der Waals surface area contributed by atoms with E-state index in [0.717, 1.165) is 10.4 Å². The predicted octanol–water partition coefficient (Wildman–Crippen LogP) is 2.07. The van der Waals surface area contributed by atoms with Gasteiger partial charge in [-0.05, 0) is 23.1 Å². The second-order valence-electron chi connectivity index (χ2n) is 6.19. The number of hydrogen-bond donors (Lipinski definition) is 0. The van der Waals surface area contributed by atoms with Gasteiger partial charge in [-0.2, -0.15) is 5.26 Å². The van der Waals surface area contributed by atoms with Gasteiger partial charge in [-0.25, -0.2) is 0 Å². The zero-order chi connectivity index (χ0) is 18.0. The molecule has 1 aromatic carbocycles. The monoisotopic (exact) mass is 353 g/mol. The van der Waals surface area contributed by atoms with Crippen molar-refractivity contribution in [3.8, 4) is 6.07 Å². The number of amides is 2. The minimum absolute atomic E-state index is 0.0602. The zero-order valence-electron chi connectivity index (χ0n) is 14.2. The van der Waals surface area contributed by atoms with Crippen molar-refractivity contribution in [1.29, 1.82) is 5.26 Å². The summed E-state index contributed by atoms with van der Waals surface area (Å²) in [6.07, 6.45) is 0.880. The van der Waals surface area contributed by atoms with Crippen LogP contribution < -0.4 is 0 Å². The van der Waals surface area contributed by atoms with Crippen LogP contribution in [0.25, 0.3) is 0 Å². The van der Waals surface area contributed by atoms with E-state index in [2.05, 4.69) is 6.07 Å². The van der Waals surface area contributed by atoms with E-state index in [1.165, 1.54) is 4.90 Å². The smallest absolute Gasteiger partial charge is 0.246 e. The van der Waals surface area contributed by atoms with Crippen LogP contribution in [0.3, 0.4) is 0 Å². The van der Waals surface area contributed by atoms with E-state index in [0.29, 0.717) is 18.4 Å². The van der Waals surface area contributed by atoms with Gasteiger partial charge in [0.05, 0.1) is 11.6 Å². The number of likely N-dealkylation sites (N-methyl/N-ethyl adjacent to an activating group) is 2. The van der Waals surface area contributed by atoms with E-state index in [1.54, 1.807) is 42.5 Å². The van der Waals surface area contributed by atoms with Crippen LogP contribution in [0.2, 0.25) is 0 Å². The van der Waals surface area contributed by atoms with Crippen LogP contribution >= 0.6 is 11.3 Å². The van der Waals surface area contributed by atoms with Crippen molar-refractivity contribution in [2.75, 3.05) is 14.1 Å². The van der Waals surface area contributed by atoms with Gasteiger partial charge in [-0.1, -0.05) is 24.3 Å². The first kappa shape index (κ1) is 17.2. The van der Waals surface area contributed by atoms with Crippen LogP contribution in [0.1, 0.15) is 16.0 Å². The molecular formula is C19H19N3O2S. The van der Waals surface area contributed by atoms with Crippen LogP contribution in [0.15, 0.2) is 41.8 Å². The molecule has 0 bridgehead atoms. The van der Waals surface area contributed by atoms with E-state index in [1.807, 2.05) is 29.6 Å². The van der Waals surface area contributed by atoms with Gasteiger partial charge in [-0.15, -0.1) is 11.3 Å². The molecule has 0 saturated carbocycles. The summed E-state index contributed by atoms with van der Waals surface area (Å²) >= 11 is 1.59. The molecule has 5 nitrogen and oxygen atoms in total. The Hall–Kier alpha value is -2.65. The van der Waals surface area contributed by atoms with E-state index in [-0.39, 0.29) is 11.8 Å². The number of rotatable bonds is 4. The number of carbonyl (C=O) groups is 2. The van der Waals surface area contributed by atoms with Gasteiger partial charge in [0.1, 0.15) is 12.1 Å². The summed E-state index contributed by atoms with van der Waals surface area (Å²) in [6, 6.07) is 12.2. The molecule has 2 heterocycles. The van der Waals surface area contributed by atoms with E-state index in [9.17, 15) is 14.9 Å². The molecule has 1 aromatic heterocycles. The number of thiophene rings is 1. The Morgan fingerprint density at radius 2 is 1.64 bits per heavy atom. The van der Waals surface area contributed by atoms with Crippen molar-refractivity contribution in [3.63, 3.8) is 0 Å². The Kier molecular flexibility index (Phi) is 4.86. The number of nitriles is 1. The average Bonchev–Trinajstić information content (AvgIpc) is 3.14. The first-order valence-electron chi connectivity index (χ1n) is 8.06. The van der Waals surface area contributed by atoms with Crippen LogP contribution in [-0.4, -0.2) is 47.8 Å². The maximum absolute atomic E-state index is 12.9. The van der Waals surface area contributed by atoms with Gasteiger partial charge in [0, 0.05) is 31.8 Å². The molecule has 6 heteroatoms. The lowest BCUT2D eigenvalue weighted by atomic mass is 9.95. The van der Waals surface area contributed by atoms with Gasteiger partial charge in [0.2, 0.25) is 11.8 Å². The lowest BCUT2D eigenvalue weighted by molar-refractivity contribution is -0.158. The molecule has 3 rings (SSSR count). The first-order chi connectivity index (χ1) is 12.0. The summed E-state index contributed by atoms with van der Waals surface area (Å²) in [5, 5.41) is 11.2. The third-order valence-electron chi connectivity index (χ3n) is 4.73. The highest BCUT2D eigenvalue weighted by Gasteiger charge is 2.42. The number of hydrogen-bond acceptors (Lipinski definition) is 4. The third-order valence-corrected chi connectivity index (χ3v) is 5.62. The Morgan fingerprint density at radius 1 is 1.00 bits per heavy atom. The van der Waals surface area contributed by atoms with Crippen molar-refractivity contribution in [3.05, 3.63) is 57.8 Å². The largest absolute Gasteiger partial charge is 0.332 e. The van der Waals surface area contributed by atoms with E-state index < -0.39 is 12.1 Å². The van der Waals surface area contributed by atoms with Crippen molar-refractivity contribution in [2.45, 2.75) is 24.9 Å². The SMILES string of the molecule is CN1C(=O)C(Cc2ccccc2C#N)N(C)C(=O)C1Cc1cccs1. The Balaban J connectivity index is 1.83. The fourth-order valence-electron chi connectivity index (χ4n) is 3.19. The van der Waals surface area contributed by atoms with Gasteiger partial charge in [0.25, 0.3) is 0 Å². The molecule has 0 radical (unpaired) electrons. The fourth-order valence-corrected chi connectivity index (χ4v) is 3.94. The second kappa shape index (κ2) is 7.08. The van der Waals surface area contributed by atoms with Gasteiger partial charge in [-0.3, -0.25) is 9.59 Å². The zero-order valence-corrected chi connectivity index (χ0v) is 15.0. The van der Waals surface area contributed by atoms with Crippen molar-refractivity contribution >= 4 is 23.2 Å². The van der Waals surface area contributed by atoms with E-state index in [4.69, 9.17) is 0 Å². The van der Waals surface area contributed by atoms with Crippen molar-refractivity contribution in [1.82, 2.24) is 9.80 Å². The molecule has 1 aliphatic heterocycles.